The van der Waals surface area contributed by atoms with Gasteiger partial charge in [-0.3, -0.25) is 14.4 Å². The molecule has 0 aromatic heterocycles. The number of halogens is 1. The Kier molecular flexibility index (Phi) is 7.56. The second-order valence-corrected chi connectivity index (χ2v) is 10.7. The lowest BCUT2D eigenvalue weighted by Gasteiger charge is -2.31. The smallest absolute Gasteiger partial charge is 0.261 e. The number of benzene rings is 3. The van der Waals surface area contributed by atoms with E-state index in [2.05, 4.69) is 14.9 Å². The number of rotatable bonds is 7. The van der Waals surface area contributed by atoms with Crippen LogP contribution in [0.25, 0.3) is 0 Å². The number of nitrogens with zero attached hydrogens (tertiary/aromatic N) is 1. The Morgan fingerprint density at radius 1 is 0.971 bits per heavy atom. The number of anilines is 2. The topological polar surface area (TPSA) is 78.5 Å². The van der Waals surface area contributed by atoms with E-state index >= 15 is 0 Å². The molecule has 1 saturated heterocycles. The van der Waals surface area contributed by atoms with Crippen molar-refractivity contribution in [3.8, 4) is 0 Å². The summed E-state index contributed by atoms with van der Waals surface area (Å²) in [5, 5.41) is 3.66. The van der Waals surface area contributed by atoms with Gasteiger partial charge >= 0.3 is 0 Å². The van der Waals surface area contributed by atoms with Crippen LogP contribution in [0.1, 0.15) is 24.0 Å². The van der Waals surface area contributed by atoms with Crippen molar-refractivity contribution in [2.45, 2.75) is 31.2 Å². The largest absolute Gasteiger partial charge is 0.326 e. The van der Waals surface area contributed by atoms with E-state index in [1.165, 1.54) is 17.7 Å². The molecule has 3 aromatic rings. The van der Waals surface area contributed by atoms with E-state index in [1.807, 2.05) is 43.3 Å². The van der Waals surface area contributed by atoms with Gasteiger partial charge in [-0.15, -0.1) is 0 Å². The molecule has 6 nitrogen and oxygen atoms in total. The third kappa shape index (κ3) is 6.17. The zero-order valence-electron chi connectivity index (χ0n) is 19.0. The van der Waals surface area contributed by atoms with Gasteiger partial charge in [0.15, 0.2) is 0 Å². The zero-order valence-corrected chi connectivity index (χ0v) is 20.6. The first-order valence-electron chi connectivity index (χ1n) is 11.3. The summed E-state index contributed by atoms with van der Waals surface area (Å²) < 4.78 is 28.0. The molecule has 1 aliphatic heterocycles. The Morgan fingerprint density at radius 2 is 1.62 bits per heavy atom. The fourth-order valence-corrected chi connectivity index (χ4v) is 5.31. The Hall–Kier alpha value is -2.87. The van der Waals surface area contributed by atoms with Crippen LogP contribution in [-0.2, 0) is 21.4 Å². The van der Waals surface area contributed by atoms with Crippen LogP contribution in [0.5, 0.6) is 0 Å². The van der Waals surface area contributed by atoms with Gasteiger partial charge in [-0.2, -0.15) is 0 Å². The Bertz CT molecular complexity index is 1240. The summed E-state index contributed by atoms with van der Waals surface area (Å²) in [6, 6.07) is 21.3. The number of aryl methyl sites for hydroxylation is 1. The molecule has 8 heteroatoms. The summed E-state index contributed by atoms with van der Waals surface area (Å²) in [4.78, 5) is 15.2. The van der Waals surface area contributed by atoms with E-state index in [0.717, 1.165) is 43.1 Å². The summed E-state index contributed by atoms with van der Waals surface area (Å²) >= 11 is 5.95. The van der Waals surface area contributed by atoms with Crippen LogP contribution in [0.3, 0.4) is 0 Å². The number of sulfonamides is 1. The van der Waals surface area contributed by atoms with Crippen molar-refractivity contribution in [2.75, 3.05) is 23.1 Å². The van der Waals surface area contributed by atoms with E-state index in [4.69, 9.17) is 11.6 Å². The lowest BCUT2D eigenvalue weighted by molar-refractivity contribution is -0.121. The van der Waals surface area contributed by atoms with Crippen molar-refractivity contribution in [3.63, 3.8) is 0 Å². The number of hydrogen-bond donors (Lipinski definition) is 2. The average Bonchev–Trinajstić information content (AvgIpc) is 2.83. The van der Waals surface area contributed by atoms with E-state index in [9.17, 15) is 13.2 Å². The first-order chi connectivity index (χ1) is 16.3. The third-order valence-corrected chi connectivity index (χ3v) is 7.73. The highest BCUT2D eigenvalue weighted by molar-refractivity contribution is 7.92. The Balaban J connectivity index is 1.30. The minimum absolute atomic E-state index is 0.0280. The van der Waals surface area contributed by atoms with Crippen LogP contribution >= 0.6 is 11.6 Å². The fraction of sp³-hybridized carbons (Fsp3) is 0.269. The van der Waals surface area contributed by atoms with Gasteiger partial charge in [-0.05, 0) is 86.4 Å². The van der Waals surface area contributed by atoms with Crippen molar-refractivity contribution in [2.24, 2.45) is 5.92 Å². The molecule has 0 aliphatic carbocycles. The molecule has 178 valence electrons. The molecule has 0 unspecified atom stereocenters. The van der Waals surface area contributed by atoms with E-state index < -0.39 is 10.0 Å². The molecule has 34 heavy (non-hydrogen) atoms. The van der Waals surface area contributed by atoms with Crippen LogP contribution in [-0.4, -0.2) is 32.3 Å². The lowest BCUT2D eigenvalue weighted by atomic mass is 9.95. The number of hydrogen-bond acceptors (Lipinski definition) is 4. The summed E-state index contributed by atoms with van der Waals surface area (Å²) in [5.41, 5.74) is 3.18. The quantitative estimate of drug-likeness (QED) is 0.464. The van der Waals surface area contributed by atoms with Crippen LogP contribution in [0.15, 0.2) is 77.7 Å². The maximum absolute atomic E-state index is 12.8. The first-order valence-corrected chi connectivity index (χ1v) is 13.1. The van der Waals surface area contributed by atoms with E-state index in [1.54, 1.807) is 24.3 Å². The van der Waals surface area contributed by atoms with Gasteiger partial charge in [0, 0.05) is 23.2 Å². The molecule has 1 aliphatic rings. The van der Waals surface area contributed by atoms with Crippen molar-refractivity contribution in [1.82, 2.24) is 4.90 Å². The molecule has 1 fully saturated rings. The number of likely N-dealkylation sites (tertiary alicyclic amines) is 1. The average molecular weight is 498 g/mol. The van der Waals surface area contributed by atoms with Crippen LogP contribution in [0, 0.1) is 12.8 Å². The maximum atomic E-state index is 12.8. The van der Waals surface area contributed by atoms with Gasteiger partial charge in [0.1, 0.15) is 0 Å². The highest BCUT2D eigenvalue weighted by Gasteiger charge is 2.25. The minimum Gasteiger partial charge on any atom is -0.326 e. The minimum atomic E-state index is -3.71. The van der Waals surface area contributed by atoms with Crippen LogP contribution in [0.4, 0.5) is 11.4 Å². The monoisotopic (exact) mass is 497 g/mol. The number of amides is 1. The van der Waals surface area contributed by atoms with Gasteiger partial charge in [-0.1, -0.05) is 41.9 Å². The summed E-state index contributed by atoms with van der Waals surface area (Å²) in [6.45, 7) is 4.39. The SMILES string of the molecule is Cc1ccccc1NS(=O)(=O)c1ccc(NC(=O)C2CCN(Cc3ccc(Cl)cc3)CC2)cc1. The molecular weight excluding hydrogens is 470 g/mol. The molecule has 1 heterocycles. The van der Waals surface area contributed by atoms with E-state index in [-0.39, 0.29) is 16.7 Å². The van der Waals surface area contributed by atoms with E-state index in [0.29, 0.717) is 11.4 Å². The van der Waals surface area contributed by atoms with Crippen molar-refractivity contribution in [1.29, 1.82) is 0 Å². The maximum Gasteiger partial charge on any atom is 0.261 e. The Morgan fingerprint density at radius 3 is 2.26 bits per heavy atom. The predicted molar refractivity (Wildman–Crippen MR) is 137 cm³/mol. The van der Waals surface area contributed by atoms with Gasteiger partial charge in [-0.25, -0.2) is 8.42 Å². The fourth-order valence-electron chi connectivity index (χ4n) is 4.05. The molecule has 3 aromatic carbocycles. The lowest BCUT2D eigenvalue weighted by Crippen LogP contribution is -2.37. The van der Waals surface area contributed by atoms with Gasteiger partial charge in [0.05, 0.1) is 10.6 Å². The Labute approximate surface area is 206 Å². The highest BCUT2D eigenvalue weighted by atomic mass is 35.5. The molecule has 2 N–H and O–H groups in total. The standard InChI is InChI=1S/C26H28ClN3O3S/c1-19-4-2-3-5-25(19)29-34(32,33)24-12-10-23(11-13-24)28-26(31)21-14-16-30(17-15-21)18-20-6-8-22(27)9-7-20/h2-13,21,29H,14-18H2,1H3,(H,28,31). The number of piperidine rings is 1. The number of para-hydroxylation sites is 1. The molecule has 1 amide bonds. The predicted octanol–water partition coefficient (Wildman–Crippen LogP) is 5.30. The molecule has 0 saturated carbocycles. The zero-order chi connectivity index (χ0) is 24.1. The molecule has 0 bridgehead atoms. The van der Waals surface area contributed by atoms with Crippen LogP contribution < -0.4 is 10.0 Å². The van der Waals surface area contributed by atoms with Gasteiger partial charge in [0.25, 0.3) is 10.0 Å². The van der Waals surface area contributed by atoms with Crippen LogP contribution in [0.2, 0.25) is 5.02 Å². The summed E-state index contributed by atoms with van der Waals surface area (Å²) in [5.74, 6) is -0.0904. The molecular formula is C26H28ClN3O3S. The molecule has 0 radical (unpaired) electrons. The molecule has 0 spiro atoms. The van der Waals surface area contributed by atoms with Crippen molar-refractivity contribution >= 4 is 38.9 Å². The first kappa shape index (κ1) is 24.3. The number of carbonyl (C=O) groups excluding carboxylic acids is 1. The molecule has 0 atom stereocenters. The second kappa shape index (κ2) is 10.6. The van der Waals surface area contributed by atoms with Gasteiger partial charge in [0.2, 0.25) is 5.91 Å². The molecule has 4 rings (SSSR count). The number of nitrogens with one attached hydrogen (secondary N) is 2. The van der Waals surface area contributed by atoms with Crippen molar-refractivity contribution < 1.29 is 13.2 Å². The third-order valence-electron chi connectivity index (χ3n) is 6.10. The highest BCUT2D eigenvalue weighted by Crippen LogP contribution is 2.23. The number of carbonyl (C=O) groups is 1. The normalized spacial score (nSPS) is 15.1. The van der Waals surface area contributed by atoms with Gasteiger partial charge < -0.3 is 5.32 Å². The van der Waals surface area contributed by atoms with Crippen molar-refractivity contribution in [3.05, 3.63) is 88.9 Å². The summed E-state index contributed by atoms with van der Waals surface area (Å²) in [7, 11) is -3.71. The summed E-state index contributed by atoms with van der Waals surface area (Å²) in [6.07, 6.45) is 1.57. The second-order valence-electron chi connectivity index (χ2n) is 8.61.